The summed E-state index contributed by atoms with van der Waals surface area (Å²) in [5.74, 6) is -0.904. The third-order valence-electron chi connectivity index (χ3n) is 2.56. The normalized spacial score (nSPS) is 10.4. The van der Waals surface area contributed by atoms with Gasteiger partial charge in [0.25, 0.3) is 0 Å². The van der Waals surface area contributed by atoms with Gasteiger partial charge in [-0.1, -0.05) is 23.2 Å². The lowest BCUT2D eigenvalue weighted by molar-refractivity contribution is -0.145. The molecule has 0 amide bonds. The van der Waals surface area contributed by atoms with Crippen LogP contribution in [0.25, 0.3) is 0 Å². The van der Waals surface area contributed by atoms with Gasteiger partial charge in [-0.2, -0.15) is 0 Å². The average molecular weight is 320 g/mol. The van der Waals surface area contributed by atoms with Crippen LogP contribution in [0.15, 0.2) is 18.2 Å². The summed E-state index contributed by atoms with van der Waals surface area (Å²) < 4.78 is 9.19. The molecule has 7 heteroatoms. The van der Waals surface area contributed by atoms with E-state index in [1.165, 1.54) is 14.2 Å². The van der Waals surface area contributed by atoms with E-state index in [0.29, 0.717) is 15.6 Å². The van der Waals surface area contributed by atoms with Crippen LogP contribution in [0.4, 0.5) is 0 Å². The van der Waals surface area contributed by atoms with E-state index in [4.69, 9.17) is 23.2 Å². The van der Waals surface area contributed by atoms with Crippen LogP contribution < -0.4 is 0 Å². The van der Waals surface area contributed by atoms with Crippen LogP contribution >= 0.6 is 23.2 Å². The molecule has 0 aliphatic heterocycles. The fourth-order valence-corrected chi connectivity index (χ4v) is 1.94. The zero-order chi connectivity index (χ0) is 15.1. The molecule has 0 aliphatic rings. The summed E-state index contributed by atoms with van der Waals surface area (Å²) in [6.07, 6.45) is 0. The van der Waals surface area contributed by atoms with E-state index in [0.717, 1.165) is 0 Å². The SMILES string of the molecule is COC(=O)CN(CC(=O)OC)Cc1cc(Cl)ccc1Cl. The smallest absolute Gasteiger partial charge is 0.319 e. The van der Waals surface area contributed by atoms with Crippen molar-refractivity contribution in [3.05, 3.63) is 33.8 Å². The van der Waals surface area contributed by atoms with Crippen molar-refractivity contribution in [3.63, 3.8) is 0 Å². The van der Waals surface area contributed by atoms with Gasteiger partial charge in [-0.3, -0.25) is 14.5 Å². The topological polar surface area (TPSA) is 55.8 Å². The molecule has 0 saturated heterocycles. The highest BCUT2D eigenvalue weighted by Crippen LogP contribution is 2.22. The van der Waals surface area contributed by atoms with E-state index in [-0.39, 0.29) is 19.6 Å². The number of carbonyl (C=O) groups excluding carboxylic acids is 2. The molecular formula is C13H15Cl2NO4. The molecule has 0 aliphatic carbocycles. The van der Waals surface area contributed by atoms with E-state index in [1.54, 1.807) is 23.1 Å². The molecular weight excluding hydrogens is 305 g/mol. The fourth-order valence-electron chi connectivity index (χ4n) is 1.57. The molecule has 0 fully saturated rings. The monoisotopic (exact) mass is 319 g/mol. The van der Waals surface area contributed by atoms with Gasteiger partial charge in [0.05, 0.1) is 27.3 Å². The summed E-state index contributed by atoms with van der Waals surface area (Å²) in [6, 6.07) is 5.01. The summed E-state index contributed by atoms with van der Waals surface area (Å²) in [4.78, 5) is 24.3. The fraction of sp³-hybridized carbons (Fsp3) is 0.385. The number of nitrogens with zero attached hydrogens (tertiary/aromatic N) is 1. The van der Waals surface area contributed by atoms with E-state index >= 15 is 0 Å². The molecule has 20 heavy (non-hydrogen) atoms. The lowest BCUT2D eigenvalue weighted by atomic mass is 10.2. The second-order valence-electron chi connectivity index (χ2n) is 4.03. The predicted molar refractivity (Wildman–Crippen MR) is 75.8 cm³/mol. The Hall–Kier alpha value is -1.30. The second kappa shape index (κ2) is 8.09. The van der Waals surface area contributed by atoms with E-state index in [1.807, 2.05) is 0 Å². The summed E-state index contributed by atoms with van der Waals surface area (Å²) in [5, 5.41) is 1.04. The Labute approximate surface area is 127 Å². The van der Waals surface area contributed by atoms with Crippen molar-refractivity contribution in [1.82, 2.24) is 4.90 Å². The van der Waals surface area contributed by atoms with Crippen molar-refractivity contribution in [2.75, 3.05) is 27.3 Å². The number of carbonyl (C=O) groups is 2. The van der Waals surface area contributed by atoms with Crippen molar-refractivity contribution >= 4 is 35.1 Å². The van der Waals surface area contributed by atoms with Crippen LogP contribution in [0.5, 0.6) is 0 Å². The first-order valence-electron chi connectivity index (χ1n) is 5.76. The zero-order valence-corrected chi connectivity index (χ0v) is 12.7. The summed E-state index contributed by atoms with van der Waals surface area (Å²) in [6.45, 7) is 0.187. The molecule has 0 N–H and O–H groups in total. The Kier molecular flexibility index (Phi) is 6.78. The minimum Gasteiger partial charge on any atom is -0.468 e. The van der Waals surface area contributed by atoms with Crippen molar-refractivity contribution in [2.45, 2.75) is 6.54 Å². The van der Waals surface area contributed by atoms with Gasteiger partial charge in [0.15, 0.2) is 0 Å². The molecule has 1 aromatic rings. The maximum atomic E-state index is 11.4. The second-order valence-corrected chi connectivity index (χ2v) is 4.88. The van der Waals surface area contributed by atoms with Crippen LogP contribution in [0, 0.1) is 0 Å². The molecule has 0 aromatic heterocycles. The molecule has 0 atom stereocenters. The van der Waals surface area contributed by atoms with Gasteiger partial charge in [0, 0.05) is 16.6 Å². The summed E-state index contributed by atoms with van der Waals surface area (Å²) in [7, 11) is 2.57. The van der Waals surface area contributed by atoms with Crippen LogP contribution in [-0.2, 0) is 25.6 Å². The molecule has 110 valence electrons. The van der Waals surface area contributed by atoms with Crippen molar-refractivity contribution in [3.8, 4) is 0 Å². The molecule has 0 unspecified atom stereocenters. The number of hydrogen-bond acceptors (Lipinski definition) is 5. The van der Waals surface area contributed by atoms with Gasteiger partial charge < -0.3 is 9.47 Å². The van der Waals surface area contributed by atoms with Gasteiger partial charge in [0.1, 0.15) is 0 Å². The third-order valence-corrected chi connectivity index (χ3v) is 3.17. The van der Waals surface area contributed by atoms with E-state index in [2.05, 4.69) is 9.47 Å². The number of methoxy groups -OCH3 is 2. The van der Waals surface area contributed by atoms with Crippen LogP contribution in [-0.4, -0.2) is 44.1 Å². The molecule has 0 heterocycles. The van der Waals surface area contributed by atoms with Gasteiger partial charge in [-0.15, -0.1) is 0 Å². The number of halogens is 2. The minimum absolute atomic E-state index is 0.0472. The van der Waals surface area contributed by atoms with Crippen LogP contribution in [0.2, 0.25) is 10.0 Å². The first kappa shape index (κ1) is 16.8. The molecule has 0 bridgehead atoms. The Balaban J connectivity index is 2.84. The maximum absolute atomic E-state index is 11.4. The van der Waals surface area contributed by atoms with Crippen molar-refractivity contribution in [2.24, 2.45) is 0 Å². The van der Waals surface area contributed by atoms with Crippen molar-refractivity contribution in [1.29, 1.82) is 0 Å². The maximum Gasteiger partial charge on any atom is 0.319 e. The molecule has 0 saturated carbocycles. The van der Waals surface area contributed by atoms with Gasteiger partial charge >= 0.3 is 11.9 Å². The Morgan fingerprint density at radius 3 is 2.15 bits per heavy atom. The van der Waals surface area contributed by atoms with Gasteiger partial charge in [-0.25, -0.2) is 0 Å². The first-order valence-corrected chi connectivity index (χ1v) is 6.51. The largest absolute Gasteiger partial charge is 0.468 e. The number of benzene rings is 1. The Bertz CT molecular complexity index is 475. The van der Waals surface area contributed by atoms with E-state index < -0.39 is 11.9 Å². The lowest BCUT2D eigenvalue weighted by Gasteiger charge is -2.20. The Morgan fingerprint density at radius 2 is 1.65 bits per heavy atom. The third kappa shape index (κ3) is 5.36. The number of esters is 2. The average Bonchev–Trinajstić information content (AvgIpc) is 2.42. The summed E-state index contributed by atoms with van der Waals surface area (Å²) in [5.41, 5.74) is 0.715. The minimum atomic E-state index is -0.452. The van der Waals surface area contributed by atoms with Crippen LogP contribution in [0.3, 0.4) is 0 Å². The highest BCUT2D eigenvalue weighted by Gasteiger charge is 2.17. The predicted octanol–water partition coefficient (Wildman–Crippen LogP) is 2.14. The van der Waals surface area contributed by atoms with E-state index in [9.17, 15) is 9.59 Å². The van der Waals surface area contributed by atoms with Gasteiger partial charge in [-0.05, 0) is 23.8 Å². The Morgan fingerprint density at radius 1 is 1.10 bits per heavy atom. The van der Waals surface area contributed by atoms with Gasteiger partial charge in [0.2, 0.25) is 0 Å². The molecule has 1 rings (SSSR count). The molecule has 0 radical (unpaired) electrons. The lowest BCUT2D eigenvalue weighted by Crippen LogP contribution is -2.35. The van der Waals surface area contributed by atoms with Crippen LogP contribution in [0.1, 0.15) is 5.56 Å². The standard InChI is InChI=1S/C13H15Cl2NO4/c1-19-12(17)7-16(8-13(18)20-2)6-9-5-10(14)3-4-11(9)15/h3-5H,6-8H2,1-2H3. The van der Waals surface area contributed by atoms with Crippen molar-refractivity contribution < 1.29 is 19.1 Å². The highest BCUT2D eigenvalue weighted by atomic mass is 35.5. The molecule has 0 spiro atoms. The highest BCUT2D eigenvalue weighted by molar-refractivity contribution is 6.33. The molecule has 1 aromatic carbocycles. The number of rotatable bonds is 6. The quantitative estimate of drug-likeness (QED) is 0.752. The first-order chi connectivity index (χ1) is 9.46. The zero-order valence-electron chi connectivity index (χ0n) is 11.2. The number of ether oxygens (including phenoxy) is 2. The number of hydrogen-bond donors (Lipinski definition) is 0. The summed E-state index contributed by atoms with van der Waals surface area (Å²) >= 11 is 12.0. The molecule has 5 nitrogen and oxygen atoms in total.